The summed E-state index contributed by atoms with van der Waals surface area (Å²) in [6, 6.07) is 4.70. The summed E-state index contributed by atoms with van der Waals surface area (Å²) in [7, 11) is 0. The van der Waals surface area contributed by atoms with E-state index >= 15 is 0 Å². The Labute approximate surface area is 185 Å². The zero-order valence-electron chi connectivity index (χ0n) is 19.2. The number of nitrogens with one attached hydrogen (secondary N) is 1. The number of urea groups is 1. The zero-order valence-corrected chi connectivity index (χ0v) is 19.2. The highest BCUT2D eigenvalue weighted by atomic mass is 19.1. The van der Waals surface area contributed by atoms with E-state index in [1.807, 2.05) is 9.80 Å². The van der Waals surface area contributed by atoms with Crippen LogP contribution in [0.1, 0.15) is 51.5 Å². The van der Waals surface area contributed by atoms with E-state index in [9.17, 15) is 14.0 Å². The van der Waals surface area contributed by atoms with Gasteiger partial charge in [-0.25, -0.2) is 9.18 Å². The Morgan fingerprint density at radius 1 is 1.13 bits per heavy atom. The van der Waals surface area contributed by atoms with Gasteiger partial charge in [0, 0.05) is 38.3 Å². The molecule has 1 aromatic rings. The van der Waals surface area contributed by atoms with Gasteiger partial charge in [0.25, 0.3) is 0 Å². The van der Waals surface area contributed by atoms with E-state index in [0.717, 1.165) is 44.8 Å². The Bertz CT molecular complexity index is 756. The van der Waals surface area contributed by atoms with Gasteiger partial charge in [0.05, 0.1) is 0 Å². The molecule has 0 saturated carbocycles. The molecule has 1 N–H and O–H groups in total. The summed E-state index contributed by atoms with van der Waals surface area (Å²) in [4.78, 5) is 31.1. The van der Waals surface area contributed by atoms with Gasteiger partial charge >= 0.3 is 6.03 Å². The van der Waals surface area contributed by atoms with Gasteiger partial charge in [-0.2, -0.15) is 0 Å². The highest BCUT2D eigenvalue weighted by Crippen LogP contribution is 2.21. The Morgan fingerprint density at radius 3 is 2.42 bits per heavy atom. The maximum absolute atomic E-state index is 13.9. The third-order valence-corrected chi connectivity index (χ3v) is 6.78. The second-order valence-electron chi connectivity index (χ2n) is 9.20. The number of halogens is 1. The predicted molar refractivity (Wildman–Crippen MR) is 122 cm³/mol. The fourth-order valence-electron chi connectivity index (χ4n) is 4.56. The smallest absolute Gasteiger partial charge is 0.322 e. The minimum absolute atomic E-state index is 0.0870. The van der Waals surface area contributed by atoms with Crippen molar-refractivity contribution in [1.29, 1.82) is 0 Å². The number of carbonyl (C=O) groups is 2. The molecule has 0 spiro atoms. The molecular formula is C24H37FN4O2. The van der Waals surface area contributed by atoms with Gasteiger partial charge in [-0.05, 0) is 82.3 Å². The maximum Gasteiger partial charge on any atom is 0.322 e. The van der Waals surface area contributed by atoms with Crippen LogP contribution in [0.2, 0.25) is 0 Å². The van der Waals surface area contributed by atoms with Crippen LogP contribution in [0, 0.1) is 18.7 Å². The Kier molecular flexibility index (Phi) is 8.29. The number of rotatable bonds is 6. The summed E-state index contributed by atoms with van der Waals surface area (Å²) in [6.07, 6.45) is 4.95. The lowest BCUT2D eigenvalue weighted by atomic mass is 9.99. The molecule has 0 radical (unpaired) electrons. The van der Waals surface area contributed by atoms with Gasteiger partial charge in [0.2, 0.25) is 5.91 Å². The van der Waals surface area contributed by atoms with E-state index < -0.39 is 0 Å². The quantitative estimate of drug-likeness (QED) is 0.736. The molecule has 0 bridgehead atoms. The number of hydrogen-bond donors (Lipinski definition) is 1. The van der Waals surface area contributed by atoms with E-state index in [1.165, 1.54) is 18.9 Å². The summed E-state index contributed by atoms with van der Waals surface area (Å²) in [5.41, 5.74) is 1.03. The molecule has 3 rings (SSSR count). The van der Waals surface area contributed by atoms with E-state index in [4.69, 9.17) is 0 Å². The summed E-state index contributed by atoms with van der Waals surface area (Å²) in [5, 5.41) is 2.89. The average Bonchev–Trinajstić information content (AvgIpc) is 2.75. The van der Waals surface area contributed by atoms with E-state index in [0.29, 0.717) is 30.9 Å². The Morgan fingerprint density at radius 2 is 1.81 bits per heavy atom. The molecule has 1 aromatic carbocycles. The number of anilines is 1. The Balaban J connectivity index is 1.61. The van der Waals surface area contributed by atoms with Crippen molar-refractivity contribution in [2.24, 2.45) is 5.92 Å². The van der Waals surface area contributed by atoms with Crippen LogP contribution < -0.4 is 5.32 Å². The zero-order chi connectivity index (χ0) is 22.4. The van der Waals surface area contributed by atoms with Crippen molar-refractivity contribution in [2.75, 3.05) is 44.6 Å². The lowest BCUT2D eigenvalue weighted by Crippen LogP contribution is -2.50. The highest BCUT2D eigenvalue weighted by molar-refractivity contribution is 5.89. The molecule has 0 unspecified atom stereocenters. The maximum atomic E-state index is 13.9. The molecule has 2 aliphatic rings. The second-order valence-corrected chi connectivity index (χ2v) is 9.20. The van der Waals surface area contributed by atoms with Crippen LogP contribution in [0.3, 0.4) is 0 Å². The van der Waals surface area contributed by atoms with Crippen LogP contribution in [0.25, 0.3) is 0 Å². The van der Waals surface area contributed by atoms with Gasteiger partial charge < -0.3 is 20.0 Å². The summed E-state index contributed by atoms with van der Waals surface area (Å²) in [5.74, 6) is 0.572. The minimum Gasteiger partial charge on any atom is -0.343 e. The van der Waals surface area contributed by atoms with Crippen molar-refractivity contribution < 1.29 is 14.0 Å². The molecule has 31 heavy (non-hydrogen) atoms. The van der Waals surface area contributed by atoms with Crippen LogP contribution in [0.15, 0.2) is 18.2 Å². The third kappa shape index (κ3) is 6.66. The third-order valence-electron chi connectivity index (χ3n) is 6.78. The van der Waals surface area contributed by atoms with Gasteiger partial charge in [0.15, 0.2) is 0 Å². The first-order valence-corrected chi connectivity index (χ1v) is 11.6. The number of carbonyl (C=O) groups excluding carboxylic acids is 2. The summed E-state index contributed by atoms with van der Waals surface area (Å²) in [6.45, 7) is 10.9. The molecule has 0 aromatic heterocycles. The van der Waals surface area contributed by atoms with Crippen LogP contribution in [0.5, 0.6) is 0 Å². The fraction of sp³-hybridized carbons (Fsp3) is 0.667. The standard InChI is InChI=1S/C24H37FN4O2/c1-18-7-13-27(14-8-18)11-4-12-29(22-9-15-28(16-10-22)20(3)30)24(31)26-21-6-5-19(2)23(25)17-21/h5-6,17-18,22H,4,7-16H2,1-3H3,(H,26,31). The van der Waals surface area contributed by atoms with Crippen molar-refractivity contribution in [2.45, 2.75) is 58.9 Å². The second kappa shape index (κ2) is 10.9. The van der Waals surface area contributed by atoms with Crippen LogP contribution >= 0.6 is 0 Å². The first-order valence-electron chi connectivity index (χ1n) is 11.6. The van der Waals surface area contributed by atoms with Crippen molar-refractivity contribution in [1.82, 2.24) is 14.7 Å². The molecule has 2 saturated heterocycles. The molecule has 0 atom stereocenters. The van der Waals surface area contributed by atoms with Gasteiger partial charge in [-0.3, -0.25) is 4.79 Å². The van der Waals surface area contributed by atoms with Crippen molar-refractivity contribution in [3.63, 3.8) is 0 Å². The molecule has 0 aliphatic carbocycles. The number of nitrogens with zero attached hydrogens (tertiary/aromatic N) is 3. The van der Waals surface area contributed by atoms with Crippen molar-refractivity contribution in [3.8, 4) is 0 Å². The largest absolute Gasteiger partial charge is 0.343 e. The number of benzene rings is 1. The fourth-order valence-corrected chi connectivity index (χ4v) is 4.56. The number of aryl methyl sites for hydroxylation is 1. The van der Waals surface area contributed by atoms with E-state index in [-0.39, 0.29) is 23.8 Å². The molecule has 2 heterocycles. The normalized spacial score (nSPS) is 18.8. The molecule has 2 aliphatic heterocycles. The SMILES string of the molecule is CC(=O)N1CCC(N(CCCN2CCC(C)CC2)C(=O)Nc2ccc(C)c(F)c2)CC1. The van der Waals surface area contributed by atoms with Gasteiger partial charge in [-0.15, -0.1) is 0 Å². The molecule has 2 fully saturated rings. The first kappa shape index (κ1) is 23.5. The first-order chi connectivity index (χ1) is 14.8. The van der Waals surface area contributed by atoms with E-state index in [2.05, 4.69) is 17.1 Å². The average molecular weight is 433 g/mol. The lowest BCUT2D eigenvalue weighted by Gasteiger charge is -2.39. The van der Waals surface area contributed by atoms with Crippen LogP contribution in [-0.4, -0.2) is 71.9 Å². The molecule has 6 nitrogen and oxygen atoms in total. The molecule has 3 amide bonds. The molecule has 7 heteroatoms. The lowest BCUT2D eigenvalue weighted by molar-refractivity contribution is -0.130. The monoisotopic (exact) mass is 432 g/mol. The minimum atomic E-state index is -0.321. The molecular weight excluding hydrogens is 395 g/mol. The van der Waals surface area contributed by atoms with Crippen molar-refractivity contribution in [3.05, 3.63) is 29.6 Å². The summed E-state index contributed by atoms with van der Waals surface area (Å²) >= 11 is 0. The van der Waals surface area contributed by atoms with Crippen LogP contribution in [0.4, 0.5) is 14.9 Å². The van der Waals surface area contributed by atoms with Gasteiger partial charge in [-0.1, -0.05) is 13.0 Å². The van der Waals surface area contributed by atoms with Crippen LogP contribution in [-0.2, 0) is 4.79 Å². The topological polar surface area (TPSA) is 55.9 Å². The Hall–Kier alpha value is -2.15. The number of amides is 3. The molecule has 172 valence electrons. The van der Waals surface area contributed by atoms with Crippen molar-refractivity contribution >= 4 is 17.6 Å². The number of piperidine rings is 2. The number of hydrogen-bond acceptors (Lipinski definition) is 3. The van der Waals surface area contributed by atoms with Gasteiger partial charge in [0.1, 0.15) is 5.82 Å². The predicted octanol–water partition coefficient (Wildman–Crippen LogP) is 4.10. The van der Waals surface area contributed by atoms with E-state index in [1.54, 1.807) is 26.0 Å². The number of likely N-dealkylation sites (tertiary alicyclic amines) is 2. The summed E-state index contributed by atoms with van der Waals surface area (Å²) < 4.78 is 13.9. The highest BCUT2D eigenvalue weighted by Gasteiger charge is 2.29.